The van der Waals surface area contributed by atoms with Crippen LogP contribution in [0.5, 0.6) is 0 Å². The number of carbonyl (C=O) groups is 1. The molecule has 1 N–H and O–H groups in total. The number of benzene rings is 1. The molecule has 25 heavy (non-hydrogen) atoms. The molecule has 0 unspecified atom stereocenters. The number of ether oxygens (including phenoxy) is 1. The minimum atomic E-state index is -0.134. The molecule has 1 aliphatic rings. The quantitative estimate of drug-likeness (QED) is 0.357. The van der Waals surface area contributed by atoms with E-state index in [4.69, 9.17) is 0 Å². The maximum atomic E-state index is 11.1. The lowest BCUT2D eigenvalue weighted by atomic mass is 9.90. The van der Waals surface area contributed by atoms with Crippen LogP contribution >= 0.6 is 0 Å². The number of piperidine rings is 1. The van der Waals surface area contributed by atoms with E-state index in [1.54, 1.807) is 0 Å². The van der Waals surface area contributed by atoms with Gasteiger partial charge in [-0.2, -0.15) is 0 Å². The fourth-order valence-corrected chi connectivity index (χ4v) is 3.33. The number of carbonyl (C=O) groups excluding carboxylic acids is 1. The topological polar surface area (TPSA) is 53.9 Å². The molecule has 0 bridgehead atoms. The lowest BCUT2D eigenvalue weighted by Gasteiger charge is -2.34. The number of unbranched alkanes of at least 4 members (excludes halogenated alkanes) is 1. The monoisotopic (exact) mass is 345 g/mol. The molecule has 138 valence electrons. The van der Waals surface area contributed by atoms with Crippen LogP contribution in [0.25, 0.3) is 0 Å². The minimum Gasteiger partial charge on any atom is -0.469 e. The molecule has 0 radical (unpaired) electrons. The number of hydrogen-bond donors (Lipinski definition) is 1. The Morgan fingerprint density at radius 3 is 2.60 bits per heavy atom. The van der Waals surface area contributed by atoms with E-state index in [0.29, 0.717) is 6.42 Å². The van der Waals surface area contributed by atoms with Crippen molar-refractivity contribution in [3.63, 3.8) is 0 Å². The number of likely N-dealkylation sites (tertiary alicyclic amines) is 1. The van der Waals surface area contributed by atoms with Gasteiger partial charge in [0.2, 0.25) is 0 Å². The van der Waals surface area contributed by atoms with Crippen molar-refractivity contribution < 1.29 is 9.53 Å². The smallest absolute Gasteiger partial charge is 0.305 e. The summed E-state index contributed by atoms with van der Waals surface area (Å²) in [5, 5.41) is 3.42. The molecular weight excluding hydrogens is 314 g/mol. The zero-order chi connectivity index (χ0) is 17.9. The average molecular weight is 345 g/mol. The number of guanidine groups is 1. The highest BCUT2D eigenvalue weighted by molar-refractivity contribution is 5.79. The molecule has 0 aromatic heterocycles. The van der Waals surface area contributed by atoms with Crippen molar-refractivity contribution in [1.29, 1.82) is 0 Å². The van der Waals surface area contributed by atoms with Crippen molar-refractivity contribution in [3.05, 3.63) is 35.9 Å². The van der Waals surface area contributed by atoms with Crippen LogP contribution in [0.4, 0.5) is 0 Å². The molecule has 1 fully saturated rings. The largest absolute Gasteiger partial charge is 0.469 e. The van der Waals surface area contributed by atoms with Gasteiger partial charge >= 0.3 is 5.97 Å². The SMILES string of the molecule is CN=C(NCCCCC(=O)OC)N1CCC(Cc2ccccc2)CC1. The molecule has 1 aliphatic heterocycles. The molecular formula is C20H31N3O2. The van der Waals surface area contributed by atoms with E-state index in [2.05, 4.69) is 50.3 Å². The third kappa shape index (κ3) is 6.77. The number of nitrogens with one attached hydrogen (secondary N) is 1. The highest BCUT2D eigenvalue weighted by atomic mass is 16.5. The summed E-state index contributed by atoms with van der Waals surface area (Å²) in [5.41, 5.74) is 1.44. The van der Waals surface area contributed by atoms with Crippen LogP contribution in [0.3, 0.4) is 0 Å². The summed E-state index contributed by atoms with van der Waals surface area (Å²) in [5.74, 6) is 1.61. The van der Waals surface area contributed by atoms with E-state index in [0.717, 1.165) is 44.4 Å². The van der Waals surface area contributed by atoms with Crippen molar-refractivity contribution in [2.75, 3.05) is 33.8 Å². The number of hydrogen-bond acceptors (Lipinski definition) is 3. The predicted octanol–water partition coefficient (Wildman–Crippen LogP) is 2.86. The van der Waals surface area contributed by atoms with Gasteiger partial charge < -0.3 is 15.0 Å². The Labute approximate surface area is 151 Å². The normalized spacial score (nSPS) is 15.9. The lowest BCUT2D eigenvalue weighted by molar-refractivity contribution is -0.140. The minimum absolute atomic E-state index is 0.134. The van der Waals surface area contributed by atoms with Gasteiger partial charge in [-0.25, -0.2) is 0 Å². The second-order valence-electron chi connectivity index (χ2n) is 6.63. The Hall–Kier alpha value is -2.04. The summed E-state index contributed by atoms with van der Waals surface area (Å²) >= 11 is 0. The van der Waals surface area contributed by atoms with Crippen LogP contribution in [0.2, 0.25) is 0 Å². The first kappa shape index (κ1) is 19.3. The first-order valence-corrected chi connectivity index (χ1v) is 9.29. The second kappa shape index (κ2) is 10.7. The molecule has 1 aromatic rings. The molecule has 0 spiro atoms. The Bertz CT molecular complexity index is 537. The molecule has 2 rings (SSSR count). The summed E-state index contributed by atoms with van der Waals surface area (Å²) in [4.78, 5) is 17.9. The van der Waals surface area contributed by atoms with Crippen LogP contribution in [-0.2, 0) is 16.0 Å². The van der Waals surface area contributed by atoms with E-state index in [-0.39, 0.29) is 5.97 Å². The van der Waals surface area contributed by atoms with E-state index in [9.17, 15) is 4.79 Å². The molecule has 5 nitrogen and oxygen atoms in total. The summed E-state index contributed by atoms with van der Waals surface area (Å²) in [7, 11) is 3.27. The van der Waals surface area contributed by atoms with E-state index < -0.39 is 0 Å². The Morgan fingerprint density at radius 2 is 1.96 bits per heavy atom. The van der Waals surface area contributed by atoms with Crippen molar-refractivity contribution in [1.82, 2.24) is 10.2 Å². The number of nitrogens with zero attached hydrogens (tertiary/aromatic N) is 2. The van der Waals surface area contributed by atoms with E-state index >= 15 is 0 Å². The van der Waals surface area contributed by atoms with Gasteiger partial charge in [0.15, 0.2) is 5.96 Å². The fourth-order valence-electron chi connectivity index (χ4n) is 3.33. The number of rotatable bonds is 7. The van der Waals surface area contributed by atoms with Gasteiger partial charge in [0, 0.05) is 33.1 Å². The van der Waals surface area contributed by atoms with E-state index in [1.807, 2.05) is 7.05 Å². The van der Waals surface area contributed by atoms with Crippen LogP contribution in [-0.4, -0.2) is 50.6 Å². The first-order valence-electron chi connectivity index (χ1n) is 9.29. The maximum absolute atomic E-state index is 11.1. The highest BCUT2D eigenvalue weighted by Gasteiger charge is 2.21. The van der Waals surface area contributed by atoms with E-state index in [1.165, 1.54) is 31.9 Å². The maximum Gasteiger partial charge on any atom is 0.305 e. The predicted molar refractivity (Wildman–Crippen MR) is 102 cm³/mol. The lowest BCUT2D eigenvalue weighted by Crippen LogP contribution is -2.46. The van der Waals surface area contributed by atoms with Crippen LogP contribution in [0.1, 0.15) is 37.7 Å². The van der Waals surface area contributed by atoms with Gasteiger partial charge in [0.25, 0.3) is 0 Å². The molecule has 1 saturated heterocycles. The van der Waals surface area contributed by atoms with Gasteiger partial charge in [-0.15, -0.1) is 0 Å². The number of methoxy groups -OCH3 is 1. The third-order valence-electron chi connectivity index (χ3n) is 4.81. The van der Waals surface area contributed by atoms with Gasteiger partial charge in [-0.05, 0) is 43.6 Å². The van der Waals surface area contributed by atoms with Gasteiger partial charge in [0.1, 0.15) is 0 Å². The third-order valence-corrected chi connectivity index (χ3v) is 4.81. The van der Waals surface area contributed by atoms with Crippen LogP contribution in [0, 0.1) is 5.92 Å². The summed E-state index contributed by atoms with van der Waals surface area (Å²) in [6.45, 7) is 2.95. The van der Waals surface area contributed by atoms with Crippen molar-refractivity contribution in [2.45, 2.75) is 38.5 Å². The average Bonchev–Trinajstić information content (AvgIpc) is 2.66. The van der Waals surface area contributed by atoms with Gasteiger partial charge in [-0.3, -0.25) is 9.79 Å². The van der Waals surface area contributed by atoms with Gasteiger partial charge in [0.05, 0.1) is 7.11 Å². The Kier molecular flexibility index (Phi) is 8.29. The molecule has 0 saturated carbocycles. The molecule has 0 amide bonds. The number of aliphatic imine (C=N–C) groups is 1. The number of esters is 1. The first-order chi connectivity index (χ1) is 12.2. The van der Waals surface area contributed by atoms with Crippen LogP contribution < -0.4 is 5.32 Å². The summed E-state index contributed by atoms with van der Waals surface area (Å²) in [6.07, 6.45) is 5.86. The molecule has 0 atom stereocenters. The molecule has 5 heteroatoms. The molecule has 1 heterocycles. The molecule has 1 aromatic carbocycles. The standard InChI is InChI=1S/C20H31N3O2/c1-21-20(22-13-7-6-10-19(24)25-2)23-14-11-18(12-15-23)16-17-8-4-3-5-9-17/h3-5,8-9,18H,6-7,10-16H2,1-2H3,(H,21,22). The summed E-state index contributed by atoms with van der Waals surface area (Å²) < 4.78 is 4.66. The van der Waals surface area contributed by atoms with Crippen molar-refractivity contribution in [2.24, 2.45) is 10.9 Å². The highest BCUT2D eigenvalue weighted by Crippen LogP contribution is 2.21. The summed E-state index contributed by atoms with van der Waals surface area (Å²) in [6, 6.07) is 10.8. The second-order valence-corrected chi connectivity index (χ2v) is 6.63. The Morgan fingerprint density at radius 1 is 1.24 bits per heavy atom. The van der Waals surface area contributed by atoms with Crippen LogP contribution in [0.15, 0.2) is 35.3 Å². The fraction of sp³-hybridized carbons (Fsp3) is 0.600. The molecule has 0 aliphatic carbocycles. The van der Waals surface area contributed by atoms with Crippen molar-refractivity contribution >= 4 is 11.9 Å². The zero-order valence-electron chi connectivity index (χ0n) is 15.5. The zero-order valence-corrected chi connectivity index (χ0v) is 15.5. The Balaban J connectivity index is 1.66. The van der Waals surface area contributed by atoms with Gasteiger partial charge in [-0.1, -0.05) is 30.3 Å². The van der Waals surface area contributed by atoms with Crippen molar-refractivity contribution in [3.8, 4) is 0 Å².